The Hall–Kier alpha value is -4.98. The van der Waals surface area contributed by atoms with Gasteiger partial charge in [-0.05, 0) is 73.8 Å². The number of hydrazone groups is 1. The maximum atomic E-state index is 14.2. The van der Waals surface area contributed by atoms with Crippen molar-refractivity contribution in [3.8, 4) is 16.9 Å². The van der Waals surface area contributed by atoms with Gasteiger partial charge >= 0.3 is 0 Å². The van der Waals surface area contributed by atoms with Crippen LogP contribution in [-0.4, -0.2) is 36.2 Å². The monoisotopic (exact) mass is 677 g/mol. The maximum Gasteiger partial charge on any atom is 0.281 e. The number of amidine groups is 1. The van der Waals surface area contributed by atoms with Gasteiger partial charge in [-0.1, -0.05) is 54.1 Å². The Kier molecular flexibility index (Phi) is 8.04. The highest BCUT2D eigenvalue weighted by Gasteiger charge is 2.41. The van der Waals surface area contributed by atoms with Crippen molar-refractivity contribution in [1.29, 1.82) is 0 Å². The van der Waals surface area contributed by atoms with Crippen molar-refractivity contribution in [2.24, 2.45) is 17.1 Å². The minimum Gasteiger partial charge on any atom is -0.292 e. The van der Waals surface area contributed by atoms with Gasteiger partial charge in [-0.15, -0.1) is 11.3 Å². The first-order valence-electron chi connectivity index (χ1n) is 14.6. The van der Waals surface area contributed by atoms with Crippen molar-refractivity contribution in [2.75, 3.05) is 9.91 Å². The standard InChI is InChI=1S/C34H27N7O3S3/c1-20-15-17-24(18-16-20)40-32(47-29(37-40)22(3)42)28-31(44)39(23-11-7-5-8-12-23)34(46-28)36-33-35-26(19-45-33)27-21(2)38(4)41(30(27)43)25-13-9-6-10-14-25/h5-19H,1-4H3/b32-28+,36-34?. The summed E-state index contributed by atoms with van der Waals surface area (Å²) in [5.74, 6) is -0.481. The third-order valence-corrected chi connectivity index (χ3v) is 10.7. The van der Waals surface area contributed by atoms with Gasteiger partial charge < -0.3 is 0 Å². The molecule has 0 atom stereocenters. The Morgan fingerprint density at radius 1 is 0.830 bits per heavy atom. The number of anilines is 2. The second-order valence-electron chi connectivity index (χ2n) is 10.8. The third-order valence-electron chi connectivity index (χ3n) is 7.64. The van der Waals surface area contributed by atoms with Gasteiger partial charge in [-0.2, -0.15) is 10.1 Å². The molecule has 13 heteroatoms. The number of ketones is 1. The summed E-state index contributed by atoms with van der Waals surface area (Å²) >= 11 is 3.66. The number of rotatable bonds is 6. The van der Waals surface area contributed by atoms with Gasteiger partial charge in [0.2, 0.25) is 5.13 Å². The molecule has 234 valence electrons. The smallest absolute Gasteiger partial charge is 0.281 e. The number of amides is 1. The fourth-order valence-corrected chi connectivity index (χ4v) is 7.99. The zero-order chi connectivity index (χ0) is 32.8. The molecule has 0 bridgehead atoms. The molecule has 5 aromatic rings. The molecule has 2 aliphatic heterocycles. The van der Waals surface area contributed by atoms with E-state index < -0.39 is 0 Å². The molecule has 2 aromatic heterocycles. The lowest BCUT2D eigenvalue weighted by molar-refractivity contribution is -0.113. The summed E-state index contributed by atoms with van der Waals surface area (Å²) in [6.45, 7) is 5.34. The number of benzene rings is 3. The van der Waals surface area contributed by atoms with E-state index in [1.54, 1.807) is 14.6 Å². The van der Waals surface area contributed by atoms with Crippen LogP contribution in [0.5, 0.6) is 0 Å². The van der Waals surface area contributed by atoms with Crippen LogP contribution in [-0.2, 0) is 16.6 Å². The number of carbonyl (C=O) groups excluding carboxylic acids is 2. The van der Waals surface area contributed by atoms with E-state index in [1.807, 2.05) is 116 Å². The number of para-hydroxylation sites is 2. The first-order valence-corrected chi connectivity index (χ1v) is 17.1. The number of thiazole rings is 1. The molecule has 1 saturated heterocycles. The molecule has 47 heavy (non-hydrogen) atoms. The number of aromatic nitrogens is 3. The van der Waals surface area contributed by atoms with Crippen LogP contribution >= 0.6 is 34.9 Å². The van der Waals surface area contributed by atoms with Crippen LogP contribution in [0, 0.1) is 13.8 Å². The largest absolute Gasteiger partial charge is 0.292 e. The van der Waals surface area contributed by atoms with Gasteiger partial charge in [-0.3, -0.25) is 24.0 Å². The number of hydrogen-bond acceptors (Lipinski definition) is 10. The Balaban J connectivity index is 1.31. The molecule has 0 unspecified atom stereocenters. The SMILES string of the molecule is CC(=O)C1=NN(c2ccc(C)cc2)/C(=C2\SC(=Nc3nc(-c4c(C)n(C)n(-c5ccccc5)c4=O)cs3)N(c3ccccc3)C2=O)S1. The lowest BCUT2D eigenvalue weighted by Gasteiger charge is -2.17. The molecule has 7 rings (SSSR count). The summed E-state index contributed by atoms with van der Waals surface area (Å²) in [5.41, 5.74) is 4.79. The molecule has 2 aliphatic rings. The van der Waals surface area contributed by atoms with E-state index in [-0.39, 0.29) is 17.2 Å². The average Bonchev–Trinajstić information content (AvgIpc) is 3.84. The van der Waals surface area contributed by atoms with Crippen LogP contribution in [0.15, 0.2) is 115 Å². The van der Waals surface area contributed by atoms with Gasteiger partial charge in [0.15, 0.2) is 16.0 Å². The number of thioether (sulfide) groups is 2. The number of aryl methyl sites for hydroxylation is 1. The van der Waals surface area contributed by atoms with E-state index in [0.29, 0.717) is 42.2 Å². The van der Waals surface area contributed by atoms with Crippen molar-refractivity contribution in [3.05, 3.63) is 122 Å². The molecule has 0 radical (unpaired) electrons. The van der Waals surface area contributed by atoms with Gasteiger partial charge in [0, 0.05) is 25.0 Å². The summed E-state index contributed by atoms with van der Waals surface area (Å²) < 4.78 is 3.43. The van der Waals surface area contributed by atoms with Crippen molar-refractivity contribution in [3.63, 3.8) is 0 Å². The highest BCUT2D eigenvalue weighted by atomic mass is 32.2. The molecule has 3 aromatic carbocycles. The number of hydrogen-bond donors (Lipinski definition) is 0. The van der Waals surface area contributed by atoms with E-state index >= 15 is 0 Å². The van der Waals surface area contributed by atoms with Crippen molar-refractivity contribution >= 4 is 73.3 Å². The van der Waals surface area contributed by atoms with Gasteiger partial charge in [0.25, 0.3) is 11.5 Å². The van der Waals surface area contributed by atoms with Crippen LogP contribution in [0.3, 0.4) is 0 Å². The zero-order valence-electron chi connectivity index (χ0n) is 25.7. The number of carbonyl (C=O) groups is 2. The van der Waals surface area contributed by atoms with Crippen molar-refractivity contribution in [1.82, 2.24) is 14.3 Å². The Bertz CT molecular complexity index is 2200. The molecule has 0 saturated carbocycles. The Labute approximate surface area is 282 Å². The molecule has 1 fully saturated rings. The quantitative estimate of drug-likeness (QED) is 0.178. The van der Waals surface area contributed by atoms with Crippen LogP contribution in [0.2, 0.25) is 0 Å². The van der Waals surface area contributed by atoms with E-state index in [0.717, 1.165) is 22.6 Å². The Morgan fingerprint density at radius 3 is 2.15 bits per heavy atom. The van der Waals surface area contributed by atoms with Gasteiger partial charge in [-0.25, -0.2) is 14.7 Å². The molecule has 0 N–H and O–H groups in total. The fraction of sp³-hybridized carbons (Fsp3) is 0.118. The average molecular weight is 678 g/mol. The minimum absolute atomic E-state index is 0.181. The molecule has 4 heterocycles. The summed E-state index contributed by atoms with van der Waals surface area (Å²) in [5, 5.41) is 9.65. The van der Waals surface area contributed by atoms with Gasteiger partial charge in [0.1, 0.15) is 9.93 Å². The molecular weight excluding hydrogens is 651 g/mol. The van der Waals surface area contributed by atoms with E-state index in [9.17, 15) is 14.4 Å². The molecule has 0 aliphatic carbocycles. The number of Topliss-reactive ketones (excluding diaryl/α,β-unsaturated/α-hetero) is 1. The summed E-state index contributed by atoms with van der Waals surface area (Å²) in [6, 6.07) is 26.4. The van der Waals surface area contributed by atoms with E-state index in [1.165, 1.54) is 41.8 Å². The fourth-order valence-electron chi connectivity index (χ4n) is 5.19. The lowest BCUT2D eigenvalue weighted by Crippen LogP contribution is -2.29. The first-order chi connectivity index (χ1) is 22.7. The predicted molar refractivity (Wildman–Crippen MR) is 192 cm³/mol. The summed E-state index contributed by atoms with van der Waals surface area (Å²) in [7, 11) is 1.84. The predicted octanol–water partition coefficient (Wildman–Crippen LogP) is 7.01. The van der Waals surface area contributed by atoms with Crippen molar-refractivity contribution in [2.45, 2.75) is 20.8 Å². The zero-order valence-corrected chi connectivity index (χ0v) is 28.2. The first kappa shape index (κ1) is 30.7. The topological polar surface area (TPSA) is 105 Å². The Morgan fingerprint density at radius 2 is 1.49 bits per heavy atom. The maximum absolute atomic E-state index is 14.2. The molecule has 0 spiro atoms. The second kappa shape index (κ2) is 12.3. The highest BCUT2D eigenvalue weighted by molar-refractivity contribution is 8.22. The molecule has 10 nitrogen and oxygen atoms in total. The molecular formula is C34H27N7O3S3. The van der Waals surface area contributed by atoms with E-state index in [4.69, 9.17) is 9.98 Å². The highest BCUT2D eigenvalue weighted by Crippen LogP contribution is 2.46. The van der Waals surface area contributed by atoms with Crippen LogP contribution in [0.1, 0.15) is 18.2 Å². The van der Waals surface area contributed by atoms with Crippen LogP contribution in [0.25, 0.3) is 16.9 Å². The van der Waals surface area contributed by atoms with Crippen molar-refractivity contribution < 1.29 is 9.59 Å². The normalized spacial score (nSPS) is 17.2. The summed E-state index contributed by atoms with van der Waals surface area (Å²) in [6.07, 6.45) is 0. The molecule has 1 amide bonds. The van der Waals surface area contributed by atoms with Gasteiger partial charge in [0.05, 0.1) is 28.3 Å². The second-order valence-corrected chi connectivity index (χ2v) is 13.6. The minimum atomic E-state index is -0.291. The number of aliphatic imine (C=N–C) groups is 1. The van der Waals surface area contributed by atoms with E-state index in [2.05, 4.69) is 5.10 Å². The summed E-state index contributed by atoms with van der Waals surface area (Å²) in [4.78, 5) is 51.8. The van der Waals surface area contributed by atoms with Crippen LogP contribution in [0.4, 0.5) is 16.5 Å². The lowest BCUT2D eigenvalue weighted by atomic mass is 10.2. The van der Waals surface area contributed by atoms with Crippen LogP contribution < -0.4 is 15.5 Å². The number of nitrogens with zero attached hydrogens (tertiary/aromatic N) is 7. The third kappa shape index (κ3) is 5.56.